The van der Waals surface area contributed by atoms with Crippen LogP contribution in [-0.4, -0.2) is 28.8 Å². The third kappa shape index (κ3) is 4.85. The molecule has 36 heavy (non-hydrogen) atoms. The molecule has 7 nitrogen and oxygen atoms in total. The van der Waals surface area contributed by atoms with Gasteiger partial charge in [0.2, 0.25) is 5.89 Å². The Labute approximate surface area is 212 Å². The van der Waals surface area contributed by atoms with Gasteiger partial charge in [0.1, 0.15) is 6.26 Å². The van der Waals surface area contributed by atoms with Crippen LogP contribution in [0.5, 0.6) is 11.5 Å². The fraction of sp³-hybridized carbons (Fsp3) is 0.179. The van der Waals surface area contributed by atoms with E-state index in [2.05, 4.69) is 4.98 Å². The Balaban J connectivity index is 1.46. The van der Waals surface area contributed by atoms with Crippen molar-refractivity contribution in [1.82, 2.24) is 14.5 Å². The summed E-state index contributed by atoms with van der Waals surface area (Å²) in [6.45, 7) is 2.38. The molecule has 2 heterocycles. The van der Waals surface area contributed by atoms with Crippen molar-refractivity contribution in [3.8, 4) is 23.0 Å². The number of rotatable bonds is 8. The molecule has 2 aromatic heterocycles. The Hall–Kier alpha value is -4.04. The number of hydrogen-bond donors (Lipinski definition) is 0. The molecule has 0 spiro atoms. The highest BCUT2D eigenvalue weighted by molar-refractivity contribution is 7.98. The molecule has 182 valence electrons. The van der Waals surface area contributed by atoms with E-state index in [9.17, 15) is 4.79 Å². The topological polar surface area (TPSA) is 79.4 Å². The summed E-state index contributed by atoms with van der Waals surface area (Å²) >= 11 is 1.45. The van der Waals surface area contributed by atoms with E-state index in [1.807, 2.05) is 67.6 Å². The standard InChI is InChI=1S/C28H25N3O4S/c1-18-8-11-20(12-9-18)26-29-21(16-35-26)17-36-28-30-23-7-5-4-6-22(23)27(32)31(28)15-19-10-13-24(33-2)25(14-19)34-3/h4-14,16H,15,17H2,1-3H3. The fourth-order valence-corrected chi connectivity index (χ4v) is 4.78. The van der Waals surface area contributed by atoms with Gasteiger partial charge in [-0.1, -0.05) is 47.7 Å². The molecule has 5 rings (SSSR count). The highest BCUT2D eigenvalue weighted by Gasteiger charge is 2.15. The number of methoxy groups -OCH3 is 2. The van der Waals surface area contributed by atoms with Gasteiger partial charge < -0.3 is 13.9 Å². The van der Waals surface area contributed by atoms with Crippen molar-refractivity contribution in [3.05, 3.63) is 100 Å². The highest BCUT2D eigenvalue weighted by Crippen LogP contribution is 2.29. The van der Waals surface area contributed by atoms with E-state index in [4.69, 9.17) is 18.9 Å². The lowest BCUT2D eigenvalue weighted by molar-refractivity contribution is 0.354. The Morgan fingerprint density at radius 3 is 2.50 bits per heavy atom. The van der Waals surface area contributed by atoms with Crippen LogP contribution in [0, 0.1) is 6.92 Å². The molecule has 0 aliphatic heterocycles. The number of benzene rings is 3. The van der Waals surface area contributed by atoms with Crippen LogP contribution < -0.4 is 15.0 Å². The van der Waals surface area contributed by atoms with Crippen molar-refractivity contribution in [2.75, 3.05) is 14.2 Å². The van der Waals surface area contributed by atoms with Gasteiger partial charge in [-0.3, -0.25) is 9.36 Å². The van der Waals surface area contributed by atoms with Gasteiger partial charge in [0.05, 0.1) is 37.4 Å². The van der Waals surface area contributed by atoms with Gasteiger partial charge in [0.15, 0.2) is 16.7 Å². The van der Waals surface area contributed by atoms with Crippen LogP contribution in [-0.2, 0) is 12.3 Å². The smallest absolute Gasteiger partial charge is 0.262 e. The van der Waals surface area contributed by atoms with Gasteiger partial charge in [0.25, 0.3) is 5.56 Å². The summed E-state index contributed by atoms with van der Waals surface area (Å²) in [5.74, 6) is 2.32. The lowest BCUT2D eigenvalue weighted by Crippen LogP contribution is -2.24. The molecule has 0 saturated heterocycles. The van der Waals surface area contributed by atoms with E-state index < -0.39 is 0 Å². The molecule has 0 N–H and O–H groups in total. The molecular formula is C28H25N3O4S. The van der Waals surface area contributed by atoms with Crippen molar-refractivity contribution >= 4 is 22.7 Å². The summed E-state index contributed by atoms with van der Waals surface area (Å²) in [7, 11) is 3.19. The summed E-state index contributed by atoms with van der Waals surface area (Å²) in [5.41, 5.74) is 4.34. The maximum absolute atomic E-state index is 13.5. The van der Waals surface area contributed by atoms with Crippen LogP contribution in [0.1, 0.15) is 16.8 Å². The van der Waals surface area contributed by atoms with Gasteiger partial charge in [-0.2, -0.15) is 0 Å². The van der Waals surface area contributed by atoms with Crippen LogP contribution in [0.4, 0.5) is 0 Å². The maximum Gasteiger partial charge on any atom is 0.262 e. The molecule has 0 aliphatic carbocycles. The summed E-state index contributed by atoms with van der Waals surface area (Å²) in [4.78, 5) is 22.9. The molecule has 3 aromatic carbocycles. The molecule has 0 amide bonds. The van der Waals surface area contributed by atoms with Crippen LogP contribution in [0.3, 0.4) is 0 Å². The van der Waals surface area contributed by atoms with Gasteiger partial charge in [-0.15, -0.1) is 0 Å². The predicted octanol–water partition coefficient (Wildman–Crippen LogP) is 5.72. The monoisotopic (exact) mass is 499 g/mol. The van der Waals surface area contributed by atoms with Crippen LogP contribution in [0.25, 0.3) is 22.4 Å². The number of aromatic nitrogens is 3. The Bertz CT molecular complexity index is 1570. The van der Waals surface area contributed by atoms with E-state index in [1.165, 1.54) is 17.3 Å². The Morgan fingerprint density at radius 2 is 1.72 bits per heavy atom. The first-order chi connectivity index (χ1) is 17.6. The van der Waals surface area contributed by atoms with E-state index in [0.717, 1.165) is 16.8 Å². The molecule has 0 unspecified atom stereocenters. The number of fused-ring (bicyclic) bond motifs is 1. The van der Waals surface area contributed by atoms with Crippen molar-refractivity contribution < 1.29 is 13.9 Å². The number of oxazole rings is 1. The molecule has 0 radical (unpaired) electrons. The number of ether oxygens (including phenoxy) is 2. The first-order valence-electron chi connectivity index (χ1n) is 11.4. The zero-order valence-electron chi connectivity index (χ0n) is 20.2. The Kier molecular flexibility index (Phi) is 6.77. The first kappa shape index (κ1) is 23.7. The van der Waals surface area contributed by atoms with E-state index in [1.54, 1.807) is 31.1 Å². The van der Waals surface area contributed by atoms with E-state index in [0.29, 0.717) is 45.7 Å². The third-order valence-corrected chi connectivity index (χ3v) is 6.82. The van der Waals surface area contributed by atoms with Crippen molar-refractivity contribution in [1.29, 1.82) is 0 Å². The largest absolute Gasteiger partial charge is 0.493 e. The van der Waals surface area contributed by atoms with Gasteiger partial charge in [-0.25, -0.2) is 9.97 Å². The molecular weight excluding hydrogens is 474 g/mol. The van der Waals surface area contributed by atoms with Gasteiger partial charge in [0, 0.05) is 11.3 Å². The molecule has 0 fully saturated rings. The maximum atomic E-state index is 13.5. The van der Waals surface area contributed by atoms with Crippen LogP contribution >= 0.6 is 11.8 Å². The number of nitrogens with zero attached hydrogens (tertiary/aromatic N) is 3. The number of hydrogen-bond acceptors (Lipinski definition) is 7. The molecule has 5 aromatic rings. The quantitative estimate of drug-likeness (QED) is 0.200. The average Bonchev–Trinajstić information content (AvgIpc) is 3.38. The zero-order chi connectivity index (χ0) is 25.1. The number of thioether (sulfide) groups is 1. The lowest BCUT2D eigenvalue weighted by Gasteiger charge is -2.14. The van der Waals surface area contributed by atoms with Gasteiger partial charge >= 0.3 is 0 Å². The molecule has 8 heteroatoms. The minimum atomic E-state index is -0.0987. The highest BCUT2D eigenvalue weighted by atomic mass is 32.2. The predicted molar refractivity (Wildman–Crippen MR) is 141 cm³/mol. The molecule has 0 aliphatic rings. The van der Waals surface area contributed by atoms with Crippen molar-refractivity contribution in [2.24, 2.45) is 0 Å². The Morgan fingerprint density at radius 1 is 0.944 bits per heavy atom. The second-order valence-electron chi connectivity index (χ2n) is 8.29. The average molecular weight is 500 g/mol. The molecule has 0 atom stereocenters. The fourth-order valence-electron chi connectivity index (χ4n) is 3.90. The lowest BCUT2D eigenvalue weighted by atomic mass is 10.1. The van der Waals surface area contributed by atoms with Gasteiger partial charge in [-0.05, 0) is 48.9 Å². The third-order valence-electron chi connectivity index (χ3n) is 5.81. The summed E-state index contributed by atoms with van der Waals surface area (Å²) < 4.78 is 18.2. The van der Waals surface area contributed by atoms with Crippen molar-refractivity contribution in [2.45, 2.75) is 24.4 Å². The first-order valence-corrected chi connectivity index (χ1v) is 12.4. The number of para-hydroxylation sites is 1. The second kappa shape index (κ2) is 10.3. The SMILES string of the molecule is COc1ccc(Cn2c(SCc3coc(-c4ccc(C)cc4)n3)nc3ccccc3c2=O)cc1OC. The number of aryl methyl sites for hydroxylation is 1. The summed E-state index contributed by atoms with van der Waals surface area (Å²) in [6.07, 6.45) is 1.65. The van der Waals surface area contributed by atoms with E-state index >= 15 is 0 Å². The molecule has 0 saturated carbocycles. The summed E-state index contributed by atoms with van der Waals surface area (Å²) in [5, 5.41) is 1.18. The minimum Gasteiger partial charge on any atom is -0.493 e. The molecule has 0 bridgehead atoms. The normalized spacial score (nSPS) is 11.1. The van der Waals surface area contributed by atoms with Crippen LogP contribution in [0.15, 0.2) is 87.4 Å². The minimum absolute atomic E-state index is 0.0987. The zero-order valence-corrected chi connectivity index (χ0v) is 21.0. The van der Waals surface area contributed by atoms with E-state index in [-0.39, 0.29) is 5.56 Å². The van der Waals surface area contributed by atoms with Crippen LogP contribution in [0.2, 0.25) is 0 Å². The summed E-state index contributed by atoms with van der Waals surface area (Å²) in [6, 6.07) is 21.1. The van der Waals surface area contributed by atoms with Crippen molar-refractivity contribution in [3.63, 3.8) is 0 Å². The second-order valence-corrected chi connectivity index (χ2v) is 9.23.